The van der Waals surface area contributed by atoms with Gasteiger partial charge in [0.25, 0.3) is 0 Å². The van der Waals surface area contributed by atoms with Crippen molar-refractivity contribution in [1.82, 2.24) is 0 Å². The van der Waals surface area contributed by atoms with E-state index in [1.54, 1.807) is 6.08 Å². The van der Waals surface area contributed by atoms with Gasteiger partial charge in [-0.05, 0) is 0 Å². The lowest BCUT2D eigenvalue weighted by Crippen LogP contribution is -2.41. The van der Waals surface area contributed by atoms with Crippen LogP contribution >= 0.6 is 0 Å². The summed E-state index contributed by atoms with van der Waals surface area (Å²) in [5, 5.41) is 8.71. The van der Waals surface area contributed by atoms with Crippen molar-refractivity contribution in [3.05, 3.63) is 12.2 Å². The molecule has 2 rings (SSSR count). The van der Waals surface area contributed by atoms with Gasteiger partial charge in [0.15, 0.2) is 0 Å². The van der Waals surface area contributed by atoms with E-state index >= 15 is 0 Å². The summed E-state index contributed by atoms with van der Waals surface area (Å²) in [6.45, 7) is 0. The third-order valence-corrected chi connectivity index (χ3v) is 2.24. The van der Waals surface area contributed by atoms with Crippen molar-refractivity contribution in [2.75, 3.05) is 0 Å². The first-order valence-corrected chi connectivity index (χ1v) is 3.52. The summed E-state index contributed by atoms with van der Waals surface area (Å²) >= 11 is 0. The summed E-state index contributed by atoms with van der Waals surface area (Å²) in [4.78, 5) is 10.6. The molecule has 0 radical (unpaired) electrons. The number of hydrogen-bond acceptors (Lipinski definition) is 3. The maximum atomic E-state index is 10.6. The molecule has 11 heavy (non-hydrogen) atoms. The molecular weight excluding hydrogens is 146 g/mol. The first kappa shape index (κ1) is 6.82. The van der Waals surface area contributed by atoms with Crippen LogP contribution in [-0.4, -0.2) is 29.3 Å². The van der Waals surface area contributed by atoms with Gasteiger partial charge in [0.1, 0.15) is 5.92 Å². The molecule has 0 spiro atoms. The highest BCUT2D eigenvalue weighted by atomic mass is 16.5. The van der Waals surface area contributed by atoms with Crippen LogP contribution in [0.3, 0.4) is 0 Å². The lowest BCUT2D eigenvalue weighted by atomic mass is 9.90. The molecule has 0 amide bonds. The van der Waals surface area contributed by atoms with Crippen molar-refractivity contribution < 1.29 is 14.6 Å². The van der Waals surface area contributed by atoms with Crippen LogP contribution in [0.25, 0.3) is 0 Å². The Morgan fingerprint density at radius 2 is 2.09 bits per heavy atom. The molecule has 0 unspecified atom stereocenters. The number of rotatable bonds is 1. The number of carbonyl (C=O) groups is 1. The van der Waals surface area contributed by atoms with Crippen LogP contribution in [0.15, 0.2) is 12.2 Å². The standard InChI is InChI=1S/C7H9NO3/c8-6-4-2-1-3(11-4)5(6)7(9)10/h1-6H,8H2,(H,9,10)/t3-,4-,5+,6+/m1/s1. The fourth-order valence-corrected chi connectivity index (χ4v) is 1.64. The molecule has 1 saturated heterocycles. The molecule has 3 N–H and O–H groups in total. The van der Waals surface area contributed by atoms with E-state index in [4.69, 9.17) is 15.6 Å². The van der Waals surface area contributed by atoms with Gasteiger partial charge in [-0.25, -0.2) is 0 Å². The number of aliphatic carboxylic acids is 1. The largest absolute Gasteiger partial charge is 0.481 e. The lowest BCUT2D eigenvalue weighted by molar-refractivity contribution is -0.143. The quantitative estimate of drug-likeness (QED) is 0.493. The zero-order valence-corrected chi connectivity index (χ0v) is 5.81. The predicted octanol–water partition coefficient (Wildman–Crippen LogP) is -0.648. The molecule has 1 fully saturated rings. The van der Waals surface area contributed by atoms with Crippen LogP contribution < -0.4 is 5.73 Å². The molecule has 2 heterocycles. The van der Waals surface area contributed by atoms with Gasteiger partial charge in [-0.1, -0.05) is 12.2 Å². The van der Waals surface area contributed by atoms with Crippen molar-refractivity contribution in [1.29, 1.82) is 0 Å². The van der Waals surface area contributed by atoms with Gasteiger partial charge < -0.3 is 15.6 Å². The minimum Gasteiger partial charge on any atom is -0.481 e. The minimum atomic E-state index is -0.866. The second-order valence-corrected chi connectivity index (χ2v) is 2.89. The van der Waals surface area contributed by atoms with E-state index in [1.807, 2.05) is 6.08 Å². The topological polar surface area (TPSA) is 72.6 Å². The maximum Gasteiger partial charge on any atom is 0.311 e. The van der Waals surface area contributed by atoms with E-state index in [9.17, 15) is 4.79 Å². The van der Waals surface area contributed by atoms with Gasteiger partial charge in [0.05, 0.1) is 18.2 Å². The van der Waals surface area contributed by atoms with Gasteiger partial charge in [-0.15, -0.1) is 0 Å². The van der Waals surface area contributed by atoms with Crippen molar-refractivity contribution in [3.63, 3.8) is 0 Å². The lowest BCUT2D eigenvalue weighted by Gasteiger charge is -2.16. The van der Waals surface area contributed by atoms with Crippen LogP contribution in [0, 0.1) is 5.92 Å². The third kappa shape index (κ3) is 0.797. The zero-order valence-electron chi connectivity index (χ0n) is 5.81. The van der Waals surface area contributed by atoms with Gasteiger partial charge in [-0.3, -0.25) is 4.79 Å². The monoisotopic (exact) mass is 155 g/mol. The molecule has 2 bridgehead atoms. The average Bonchev–Trinajstić information content (AvgIpc) is 2.44. The Morgan fingerprint density at radius 1 is 1.45 bits per heavy atom. The van der Waals surface area contributed by atoms with Gasteiger partial charge in [0, 0.05) is 0 Å². The van der Waals surface area contributed by atoms with Crippen LogP contribution in [0.1, 0.15) is 0 Å². The van der Waals surface area contributed by atoms with Crippen molar-refractivity contribution >= 4 is 5.97 Å². The predicted molar refractivity (Wildman–Crippen MR) is 36.9 cm³/mol. The molecule has 4 nitrogen and oxygen atoms in total. The van der Waals surface area contributed by atoms with Gasteiger partial charge in [-0.2, -0.15) is 0 Å². The molecule has 2 aliphatic heterocycles. The zero-order chi connectivity index (χ0) is 8.01. The molecule has 0 aromatic carbocycles. The molecule has 0 aliphatic carbocycles. The number of nitrogens with two attached hydrogens (primary N) is 1. The Bertz CT molecular complexity index is 226. The number of hydrogen-bond donors (Lipinski definition) is 2. The highest BCUT2D eigenvalue weighted by molar-refractivity contribution is 5.73. The molecule has 60 valence electrons. The van der Waals surface area contributed by atoms with Crippen molar-refractivity contribution in [2.24, 2.45) is 11.7 Å². The Labute approximate surface area is 63.6 Å². The van der Waals surface area contributed by atoms with E-state index in [2.05, 4.69) is 0 Å². The first-order chi connectivity index (χ1) is 5.20. The van der Waals surface area contributed by atoms with Gasteiger partial charge >= 0.3 is 5.97 Å². The Morgan fingerprint density at radius 3 is 2.45 bits per heavy atom. The summed E-state index contributed by atoms with van der Waals surface area (Å²) in [6, 6.07) is -0.373. The smallest absolute Gasteiger partial charge is 0.311 e. The SMILES string of the molecule is N[C@@H]1[C@@H](C(=O)O)[C@H]2C=C[C@H]1O2. The maximum absolute atomic E-state index is 10.6. The number of carboxylic acids is 1. The van der Waals surface area contributed by atoms with Crippen molar-refractivity contribution in [2.45, 2.75) is 18.2 Å². The van der Waals surface area contributed by atoms with Crippen LogP contribution in [0.2, 0.25) is 0 Å². The average molecular weight is 155 g/mol. The second-order valence-electron chi connectivity index (χ2n) is 2.89. The molecule has 0 aromatic heterocycles. The Balaban J connectivity index is 2.25. The van der Waals surface area contributed by atoms with E-state index in [-0.39, 0.29) is 18.2 Å². The van der Waals surface area contributed by atoms with Gasteiger partial charge in [0.2, 0.25) is 0 Å². The minimum absolute atomic E-state index is 0.180. The number of carboxylic acid groups (broad SMARTS) is 1. The Hall–Kier alpha value is -0.870. The molecule has 4 heteroatoms. The summed E-state index contributed by atoms with van der Waals surface area (Å²) in [6.07, 6.45) is 3.12. The molecule has 0 aromatic rings. The normalized spacial score (nSPS) is 46.6. The van der Waals surface area contributed by atoms with Crippen molar-refractivity contribution in [3.8, 4) is 0 Å². The van der Waals surface area contributed by atoms with E-state index in [0.29, 0.717) is 0 Å². The fraction of sp³-hybridized carbons (Fsp3) is 0.571. The molecule has 0 saturated carbocycles. The number of fused-ring (bicyclic) bond motifs is 2. The summed E-state index contributed by atoms with van der Waals surface area (Å²) < 4.78 is 5.24. The highest BCUT2D eigenvalue weighted by Crippen LogP contribution is 2.32. The fourth-order valence-electron chi connectivity index (χ4n) is 1.64. The van der Waals surface area contributed by atoms with Crippen LogP contribution in [-0.2, 0) is 9.53 Å². The number of ether oxygens (including phenoxy) is 1. The van der Waals surface area contributed by atoms with E-state index < -0.39 is 11.9 Å². The Kier molecular flexibility index (Phi) is 1.27. The summed E-state index contributed by atoms with van der Waals surface area (Å²) in [7, 11) is 0. The second kappa shape index (κ2) is 2.06. The third-order valence-electron chi connectivity index (χ3n) is 2.24. The van der Waals surface area contributed by atoms with Crippen LogP contribution in [0.4, 0.5) is 0 Å². The highest BCUT2D eigenvalue weighted by Gasteiger charge is 2.47. The van der Waals surface area contributed by atoms with E-state index in [0.717, 1.165) is 0 Å². The first-order valence-electron chi connectivity index (χ1n) is 3.52. The molecule has 4 atom stereocenters. The summed E-state index contributed by atoms with van der Waals surface area (Å²) in [5.74, 6) is -1.42. The molecule has 2 aliphatic rings. The van der Waals surface area contributed by atoms with Crippen LogP contribution in [0.5, 0.6) is 0 Å². The molecular formula is C7H9NO3. The summed E-state index contributed by atoms with van der Waals surface area (Å²) in [5.41, 5.74) is 5.61. The van der Waals surface area contributed by atoms with E-state index in [1.165, 1.54) is 0 Å².